The van der Waals surface area contributed by atoms with E-state index >= 15 is 0 Å². The Hall–Kier alpha value is -0.730. The number of hydrogen-bond donors (Lipinski definition) is 5. The highest BCUT2D eigenvalue weighted by molar-refractivity contribution is 5.73. The molecule has 5 aliphatic rings. The van der Waals surface area contributed by atoms with E-state index < -0.39 is 51.9 Å². The van der Waals surface area contributed by atoms with E-state index in [-0.39, 0.29) is 36.6 Å². The van der Waals surface area contributed by atoms with E-state index in [0.717, 1.165) is 32.1 Å². The van der Waals surface area contributed by atoms with Gasteiger partial charge in [-0.1, -0.05) is 33.1 Å². The zero-order chi connectivity index (χ0) is 24.9. The minimum atomic E-state index is -1.70. The average molecular weight is 481 g/mol. The highest BCUT2D eigenvalue weighted by atomic mass is 16.5. The van der Waals surface area contributed by atoms with Gasteiger partial charge in [0.15, 0.2) is 0 Å². The highest BCUT2D eigenvalue weighted by Crippen LogP contribution is 2.70. The Kier molecular flexibility index (Phi) is 5.60. The van der Waals surface area contributed by atoms with Crippen molar-refractivity contribution in [2.24, 2.45) is 34.5 Å². The highest BCUT2D eigenvalue weighted by Gasteiger charge is 2.77. The van der Waals surface area contributed by atoms with Crippen LogP contribution in [0.15, 0.2) is 0 Å². The molecule has 0 radical (unpaired) electrons. The van der Waals surface area contributed by atoms with Crippen molar-refractivity contribution in [1.82, 2.24) is 0 Å². The average Bonchev–Trinajstić information content (AvgIpc) is 2.99. The molecule has 5 rings (SSSR count). The number of rotatable bonds is 2. The lowest BCUT2D eigenvalue weighted by atomic mass is 9.57. The number of aliphatic hydroxyl groups excluding tert-OH is 2. The number of aliphatic hydroxyl groups is 5. The van der Waals surface area contributed by atoms with Gasteiger partial charge in [0.25, 0.3) is 0 Å². The van der Waals surface area contributed by atoms with Gasteiger partial charge in [-0.25, -0.2) is 0 Å². The molecular formula is C27H44O7. The van der Waals surface area contributed by atoms with Crippen LogP contribution < -0.4 is 0 Å². The van der Waals surface area contributed by atoms with Crippen LogP contribution in [0.25, 0.3) is 0 Å². The lowest BCUT2D eigenvalue weighted by Crippen LogP contribution is -2.60. The standard InChI is InChI=1S/C27H44O7/c1-23(2)19(28)12-18-25(4,32)17-11-10-16-21(34-22(30)15-8-6-5-7-9-15)26(17,14-24(16,3)31)13-20(29)27(18,23)33/h15-21,28-29,31-33H,5-14H2,1-4H3/t16?,17?,18?,19?,20?,21-,24-,25-,26+,27?/m1/s1. The van der Waals surface area contributed by atoms with Crippen LogP contribution in [0.2, 0.25) is 0 Å². The Balaban J connectivity index is 1.58. The van der Waals surface area contributed by atoms with Gasteiger partial charge in [0.05, 0.1) is 29.3 Å². The number of ether oxygens (including phenoxy) is 1. The first-order chi connectivity index (χ1) is 15.7. The number of carbonyl (C=O) groups excluding carboxylic acids is 1. The summed E-state index contributed by atoms with van der Waals surface area (Å²) in [5.74, 6) is -1.75. The summed E-state index contributed by atoms with van der Waals surface area (Å²) in [5, 5.41) is 58.1. The fraction of sp³-hybridized carbons (Fsp3) is 0.963. The topological polar surface area (TPSA) is 127 Å². The third-order valence-electron chi connectivity index (χ3n) is 11.4. The fourth-order valence-electron chi connectivity index (χ4n) is 9.52. The quantitative estimate of drug-likeness (QED) is 0.384. The van der Waals surface area contributed by atoms with Crippen LogP contribution in [0.3, 0.4) is 0 Å². The Morgan fingerprint density at radius 3 is 2.15 bits per heavy atom. The minimum absolute atomic E-state index is 0.117. The van der Waals surface area contributed by atoms with Crippen LogP contribution in [-0.2, 0) is 9.53 Å². The predicted molar refractivity (Wildman–Crippen MR) is 124 cm³/mol. The van der Waals surface area contributed by atoms with E-state index in [1.165, 1.54) is 0 Å². The molecule has 0 aromatic heterocycles. The van der Waals surface area contributed by atoms with Gasteiger partial charge in [-0.2, -0.15) is 0 Å². The molecule has 7 heteroatoms. The molecule has 0 aromatic carbocycles. The van der Waals surface area contributed by atoms with Crippen molar-refractivity contribution in [3.8, 4) is 0 Å². The monoisotopic (exact) mass is 480 g/mol. The smallest absolute Gasteiger partial charge is 0.309 e. The van der Waals surface area contributed by atoms with Gasteiger partial charge >= 0.3 is 5.97 Å². The van der Waals surface area contributed by atoms with Crippen LogP contribution in [0.4, 0.5) is 0 Å². The van der Waals surface area contributed by atoms with Crippen LogP contribution in [0, 0.1) is 34.5 Å². The van der Waals surface area contributed by atoms with Gasteiger partial charge in [-0.3, -0.25) is 4.79 Å². The molecule has 0 aromatic rings. The van der Waals surface area contributed by atoms with Gasteiger partial charge in [0, 0.05) is 22.7 Å². The maximum absolute atomic E-state index is 13.3. The molecule has 2 bridgehead atoms. The summed E-state index contributed by atoms with van der Waals surface area (Å²) >= 11 is 0. The number of hydrogen-bond acceptors (Lipinski definition) is 7. The van der Waals surface area contributed by atoms with Crippen LogP contribution in [0.1, 0.15) is 91.9 Å². The van der Waals surface area contributed by atoms with Crippen molar-refractivity contribution >= 4 is 5.97 Å². The van der Waals surface area contributed by atoms with E-state index in [1.807, 2.05) is 0 Å². The van der Waals surface area contributed by atoms with Gasteiger partial charge in [0.2, 0.25) is 0 Å². The van der Waals surface area contributed by atoms with Gasteiger partial charge in [-0.15, -0.1) is 0 Å². The SMILES string of the molecule is CC1(C)C(O)CC2C1(O)C(O)C[C@]13C[C@@](C)(O)C(CCC1[C@@]2(C)O)[C@H]3OC(=O)C1CCCCC1. The zero-order valence-corrected chi connectivity index (χ0v) is 21.2. The molecule has 5 saturated carbocycles. The van der Waals surface area contributed by atoms with E-state index in [2.05, 4.69) is 0 Å². The molecule has 34 heavy (non-hydrogen) atoms. The van der Waals surface area contributed by atoms with Crippen LogP contribution in [-0.4, -0.2) is 66.6 Å². The molecule has 5 fully saturated rings. The Labute approximate surface area is 202 Å². The first kappa shape index (κ1) is 24.9. The number of fused-ring (bicyclic) bond motifs is 2. The molecule has 0 heterocycles. The van der Waals surface area contributed by atoms with Gasteiger partial charge < -0.3 is 30.3 Å². The molecule has 0 amide bonds. The molecule has 194 valence electrons. The van der Waals surface area contributed by atoms with E-state index in [0.29, 0.717) is 19.3 Å². The molecule has 5 N–H and O–H groups in total. The van der Waals surface area contributed by atoms with Gasteiger partial charge in [-0.05, 0) is 64.7 Å². The summed E-state index contributed by atoms with van der Waals surface area (Å²) in [6.45, 7) is 7.00. The molecule has 0 saturated heterocycles. The molecule has 5 aliphatic carbocycles. The van der Waals surface area contributed by atoms with Crippen LogP contribution >= 0.6 is 0 Å². The molecular weight excluding hydrogens is 436 g/mol. The van der Waals surface area contributed by atoms with E-state index in [4.69, 9.17) is 4.74 Å². The van der Waals surface area contributed by atoms with Crippen molar-refractivity contribution in [2.75, 3.05) is 0 Å². The normalized spacial score (nSPS) is 54.7. The van der Waals surface area contributed by atoms with Crippen molar-refractivity contribution in [3.63, 3.8) is 0 Å². The molecule has 6 unspecified atom stereocenters. The lowest BCUT2D eigenvalue weighted by molar-refractivity contribution is -0.202. The lowest BCUT2D eigenvalue weighted by Gasteiger charge is -2.52. The molecule has 10 atom stereocenters. The van der Waals surface area contributed by atoms with Crippen molar-refractivity contribution in [1.29, 1.82) is 0 Å². The van der Waals surface area contributed by atoms with Crippen molar-refractivity contribution < 1.29 is 35.1 Å². The van der Waals surface area contributed by atoms with Gasteiger partial charge in [0.1, 0.15) is 11.7 Å². The summed E-state index contributed by atoms with van der Waals surface area (Å²) in [5.41, 5.74) is -6.09. The Bertz CT molecular complexity index is 831. The minimum Gasteiger partial charge on any atom is -0.461 e. The second kappa shape index (κ2) is 7.64. The first-order valence-electron chi connectivity index (χ1n) is 13.4. The summed E-state index contributed by atoms with van der Waals surface area (Å²) < 4.78 is 6.29. The largest absolute Gasteiger partial charge is 0.461 e. The maximum atomic E-state index is 13.3. The third-order valence-corrected chi connectivity index (χ3v) is 11.4. The first-order valence-corrected chi connectivity index (χ1v) is 13.4. The third kappa shape index (κ3) is 3.09. The second-order valence-corrected chi connectivity index (χ2v) is 13.5. The molecule has 0 aliphatic heterocycles. The fourth-order valence-corrected chi connectivity index (χ4v) is 9.52. The molecule has 7 nitrogen and oxygen atoms in total. The summed E-state index contributed by atoms with van der Waals surface area (Å²) in [4.78, 5) is 13.3. The molecule has 1 spiro atoms. The van der Waals surface area contributed by atoms with Crippen LogP contribution in [0.5, 0.6) is 0 Å². The zero-order valence-electron chi connectivity index (χ0n) is 21.2. The Morgan fingerprint density at radius 1 is 0.853 bits per heavy atom. The Morgan fingerprint density at radius 2 is 1.50 bits per heavy atom. The summed E-state index contributed by atoms with van der Waals surface area (Å²) in [7, 11) is 0. The number of esters is 1. The van der Waals surface area contributed by atoms with E-state index in [9.17, 15) is 30.3 Å². The maximum Gasteiger partial charge on any atom is 0.309 e. The van der Waals surface area contributed by atoms with E-state index in [1.54, 1.807) is 27.7 Å². The number of carbonyl (C=O) groups is 1. The predicted octanol–water partition coefficient (Wildman–Crippen LogP) is 2.30. The van der Waals surface area contributed by atoms with Crippen molar-refractivity contribution in [3.05, 3.63) is 0 Å². The van der Waals surface area contributed by atoms with Crippen molar-refractivity contribution in [2.45, 2.75) is 127 Å². The second-order valence-electron chi connectivity index (χ2n) is 13.5. The summed E-state index contributed by atoms with van der Waals surface area (Å²) in [6.07, 6.45) is 3.90. The summed E-state index contributed by atoms with van der Waals surface area (Å²) in [6, 6.07) is 0.